The number of nitriles is 1. The molecule has 1 aliphatic heterocycles. The summed E-state index contributed by atoms with van der Waals surface area (Å²) in [5.74, 6) is 0.596. The number of rotatable bonds is 8. The van der Waals surface area contributed by atoms with E-state index in [1.165, 1.54) is 0 Å². The predicted octanol–water partition coefficient (Wildman–Crippen LogP) is 3.50. The van der Waals surface area contributed by atoms with Crippen LogP contribution in [0.3, 0.4) is 0 Å². The molecule has 1 aliphatic rings. The number of benzene rings is 1. The van der Waals surface area contributed by atoms with E-state index in [0.717, 1.165) is 56.2 Å². The molecule has 0 bridgehead atoms. The number of hydrogen-bond donors (Lipinski definition) is 3. The van der Waals surface area contributed by atoms with E-state index >= 15 is 0 Å². The van der Waals surface area contributed by atoms with Crippen molar-refractivity contribution < 1.29 is 0 Å². The van der Waals surface area contributed by atoms with Crippen molar-refractivity contribution in [3.8, 4) is 6.07 Å². The number of H-pyrrole nitrogens is 1. The van der Waals surface area contributed by atoms with E-state index in [-0.39, 0.29) is 17.1 Å². The minimum atomic E-state index is -0.494. The van der Waals surface area contributed by atoms with Crippen LogP contribution in [0.25, 0.3) is 10.9 Å². The van der Waals surface area contributed by atoms with Crippen LogP contribution in [0.4, 0.5) is 5.82 Å². The third kappa shape index (κ3) is 6.28. The zero-order valence-corrected chi connectivity index (χ0v) is 19.3. The van der Waals surface area contributed by atoms with E-state index < -0.39 is 5.54 Å². The normalized spacial score (nSPS) is 17.9. The van der Waals surface area contributed by atoms with Gasteiger partial charge < -0.3 is 15.2 Å². The van der Waals surface area contributed by atoms with Crippen LogP contribution in [-0.2, 0) is 0 Å². The number of likely N-dealkylation sites (tertiary alicyclic amines) is 1. The largest absolute Gasteiger partial charge is 0.365 e. The summed E-state index contributed by atoms with van der Waals surface area (Å²) in [5, 5.41) is 18.0. The topological polar surface area (TPSA) is 96.8 Å². The fourth-order valence-corrected chi connectivity index (χ4v) is 4.44. The molecule has 1 aromatic carbocycles. The Balaban J connectivity index is 1.76. The molecule has 0 aliphatic carbocycles. The summed E-state index contributed by atoms with van der Waals surface area (Å²) in [5.41, 5.74) is -0.00321. The molecular weight excluding hydrogens is 388 g/mol. The zero-order valence-electron chi connectivity index (χ0n) is 19.3. The maximum atomic E-state index is 12.1. The summed E-state index contributed by atoms with van der Waals surface area (Å²) in [7, 11) is 0. The lowest BCUT2D eigenvalue weighted by Gasteiger charge is -2.39. The quantitative estimate of drug-likeness (QED) is 0.600. The van der Waals surface area contributed by atoms with Crippen molar-refractivity contribution in [3.05, 3.63) is 34.7 Å². The zero-order chi connectivity index (χ0) is 22.5. The second-order valence-corrected chi connectivity index (χ2v) is 9.96. The van der Waals surface area contributed by atoms with Crippen LogP contribution >= 0.6 is 0 Å². The first-order chi connectivity index (χ1) is 14.7. The molecule has 0 amide bonds. The maximum absolute atomic E-state index is 12.1. The number of piperidine rings is 1. The number of aromatic amines is 1. The number of nitrogens with one attached hydrogen (secondary N) is 3. The molecular formula is C24H36N6O. The summed E-state index contributed by atoms with van der Waals surface area (Å²) in [6, 6.07) is 10.3. The van der Waals surface area contributed by atoms with Crippen LogP contribution in [0.2, 0.25) is 0 Å². The molecule has 1 fully saturated rings. The average molecular weight is 425 g/mol. The van der Waals surface area contributed by atoms with Crippen molar-refractivity contribution in [2.24, 2.45) is 5.41 Å². The van der Waals surface area contributed by atoms with Gasteiger partial charge in [0, 0.05) is 31.1 Å². The smallest absolute Gasteiger partial charge is 0.347 e. The van der Waals surface area contributed by atoms with E-state index in [0.29, 0.717) is 12.4 Å². The Hall–Kier alpha value is -2.43. The van der Waals surface area contributed by atoms with E-state index in [1.54, 1.807) is 0 Å². The van der Waals surface area contributed by atoms with E-state index in [4.69, 9.17) is 0 Å². The highest BCUT2D eigenvalue weighted by atomic mass is 16.1. The second kappa shape index (κ2) is 9.80. The molecule has 1 saturated heterocycles. The van der Waals surface area contributed by atoms with Crippen molar-refractivity contribution in [2.75, 3.05) is 31.5 Å². The van der Waals surface area contributed by atoms with Crippen LogP contribution in [0.15, 0.2) is 29.1 Å². The minimum absolute atomic E-state index is 0.0385. The Morgan fingerprint density at radius 1 is 1.29 bits per heavy atom. The highest BCUT2D eigenvalue weighted by Crippen LogP contribution is 2.26. The van der Waals surface area contributed by atoms with Gasteiger partial charge in [-0.25, -0.2) is 4.79 Å². The Morgan fingerprint density at radius 3 is 2.65 bits per heavy atom. The number of aromatic nitrogens is 2. The summed E-state index contributed by atoms with van der Waals surface area (Å²) in [6.45, 7) is 12.4. The summed E-state index contributed by atoms with van der Waals surface area (Å²) in [6.07, 6.45) is 3.68. The van der Waals surface area contributed by atoms with Gasteiger partial charge in [0.15, 0.2) is 0 Å². The molecule has 7 heteroatoms. The lowest BCUT2D eigenvalue weighted by Crippen LogP contribution is -2.55. The molecule has 1 atom stereocenters. The maximum Gasteiger partial charge on any atom is 0.347 e. The second-order valence-electron chi connectivity index (χ2n) is 9.96. The molecule has 2 aromatic rings. The van der Waals surface area contributed by atoms with Crippen molar-refractivity contribution in [2.45, 2.75) is 65.0 Å². The monoisotopic (exact) mass is 424 g/mol. The Kier molecular flexibility index (Phi) is 7.34. The number of fused-ring (bicyclic) bond motifs is 1. The number of nitrogens with zero attached hydrogens (tertiary/aromatic N) is 3. The minimum Gasteiger partial charge on any atom is -0.365 e. The standard InChI is InChI=1S/C24H36N6O/c1-5-12-30-13-10-24(17-25,11-14-30)26-16-18(15-23(2,3)4)27-21-19-8-6-7-9-20(19)28-22(31)29-21/h6-9,18,26H,5,10-16H2,1-4H3,(H2,27,28,29,31)/t18-/m0/s1. The fraction of sp³-hybridized carbons (Fsp3) is 0.625. The Morgan fingerprint density at radius 2 is 2.00 bits per heavy atom. The molecule has 31 heavy (non-hydrogen) atoms. The molecule has 0 spiro atoms. The fourth-order valence-electron chi connectivity index (χ4n) is 4.44. The lowest BCUT2D eigenvalue weighted by molar-refractivity contribution is 0.164. The average Bonchev–Trinajstić information content (AvgIpc) is 2.72. The Bertz CT molecular complexity index is 962. The molecule has 3 rings (SSSR count). The first kappa shape index (κ1) is 23.2. The van der Waals surface area contributed by atoms with Gasteiger partial charge in [-0.05, 0) is 49.8 Å². The number of anilines is 1. The predicted molar refractivity (Wildman–Crippen MR) is 126 cm³/mol. The van der Waals surface area contributed by atoms with Crippen molar-refractivity contribution >= 4 is 16.7 Å². The molecule has 0 saturated carbocycles. The first-order valence-corrected chi connectivity index (χ1v) is 11.4. The van der Waals surface area contributed by atoms with E-state index in [2.05, 4.69) is 59.3 Å². The highest BCUT2D eigenvalue weighted by Gasteiger charge is 2.35. The first-order valence-electron chi connectivity index (χ1n) is 11.4. The number of hydrogen-bond acceptors (Lipinski definition) is 6. The van der Waals surface area contributed by atoms with Crippen LogP contribution in [0.5, 0.6) is 0 Å². The molecule has 7 nitrogen and oxygen atoms in total. The van der Waals surface area contributed by atoms with Crippen LogP contribution in [0, 0.1) is 16.7 Å². The van der Waals surface area contributed by atoms with Crippen LogP contribution in [0.1, 0.15) is 53.4 Å². The van der Waals surface area contributed by atoms with Gasteiger partial charge in [0.2, 0.25) is 0 Å². The summed E-state index contributed by atoms with van der Waals surface area (Å²) in [4.78, 5) is 21.5. The van der Waals surface area contributed by atoms with Gasteiger partial charge in [-0.15, -0.1) is 0 Å². The third-order valence-electron chi connectivity index (χ3n) is 5.99. The molecule has 3 N–H and O–H groups in total. The summed E-state index contributed by atoms with van der Waals surface area (Å²) < 4.78 is 0. The van der Waals surface area contributed by atoms with E-state index in [1.807, 2.05) is 24.3 Å². The van der Waals surface area contributed by atoms with Gasteiger partial charge in [0.1, 0.15) is 11.4 Å². The number of para-hydroxylation sites is 1. The SMILES string of the molecule is CCCN1CCC(C#N)(NC[C@H](CC(C)(C)C)Nc2nc(=O)[nH]c3ccccc23)CC1. The van der Waals surface area contributed by atoms with Gasteiger partial charge in [-0.1, -0.05) is 39.8 Å². The van der Waals surface area contributed by atoms with Gasteiger partial charge in [0.05, 0.1) is 11.6 Å². The molecule has 0 unspecified atom stereocenters. The van der Waals surface area contributed by atoms with Crippen molar-refractivity contribution in [1.29, 1.82) is 5.26 Å². The van der Waals surface area contributed by atoms with Gasteiger partial charge in [-0.2, -0.15) is 10.2 Å². The van der Waals surface area contributed by atoms with Gasteiger partial charge in [0.25, 0.3) is 0 Å². The molecule has 0 radical (unpaired) electrons. The molecule has 1 aromatic heterocycles. The van der Waals surface area contributed by atoms with Crippen LogP contribution < -0.4 is 16.3 Å². The lowest BCUT2D eigenvalue weighted by atomic mass is 9.86. The van der Waals surface area contributed by atoms with Crippen molar-refractivity contribution in [3.63, 3.8) is 0 Å². The van der Waals surface area contributed by atoms with Crippen LogP contribution in [-0.4, -0.2) is 52.6 Å². The highest BCUT2D eigenvalue weighted by molar-refractivity contribution is 5.88. The summed E-state index contributed by atoms with van der Waals surface area (Å²) >= 11 is 0. The third-order valence-corrected chi connectivity index (χ3v) is 5.99. The van der Waals surface area contributed by atoms with Gasteiger partial charge >= 0.3 is 5.69 Å². The van der Waals surface area contributed by atoms with Crippen molar-refractivity contribution in [1.82, 2.24) is 20.2 Å². The molecule has 168 valence electrons. The Labute approximate surface area is 185 Å². The van der Waals surface area contributed by atoms with Gasteiger partial charge in [-0.3, -0.25) is 5.32 Å². The van der Waals surface area contributed by atoms with E-state index in [9.17, 15) is 10.1 Å². The molecule has 2 heterocycles.